The van der Waals surface area contributed by atoms with Crippen molar-refractivity contribution in [1.82, 2.24) is 14.4 Å². The summed E-state index contributed by atoms with van der Waals surface area (Å²) in [6.45, 7) is 5.78. The molecule has 106 valence electrons. The zero-order valence-electron chi connectivity index (χ0n) is 12.1. The maximum absolute atomic E-state index is 12.5. The van der Waals surface area contributed by atoms with Gasteiger partial charge in [0.05, 0.1) is 5.69 Å². The van der Waals surface area contributed by atoms with Gasteiger partial charge >= 0.3 is 0 Å². The lowest BCUT2D eigenvalue weighted by atomic mass is 10.2. The van der Waals surface area contributed by atoms with Gasteiger partial charge in [-0.3, -0.25) is 14.2 Å². The molecule has 0 saturated carbocycles. The highest BCUT2D eigenvalue weighted by atomic mass is 32.1. The molecule has 0 radical (unpaired) electrons. The van der Waals surface area contributed by atoms with Gasteiger partial charge in [-0.2, -0.15) is 0 Å². The molecule has 0 spiro atoms. The van der Waals surface area contributed by atoms with Gasteiger partial charge in [0.1, 0.15) is 0 Å². The smallest absolute Gasteiger partial charge is 0.262 e. The molecule has 0 amide bonds. The van der Waals surface area contributed by atoms with E-state index in [0.29, 0.717) is 11.3 Å². The molecule has 0 unspecified atom stereocenters. The number of pyridine rings is 1. The third-order valence-electron chi connectivity index (χ3n) is 3.52. The highest BCUT2D eigenvalue weighted by molar-refractivity contribution is 7.17. The van der Waals surface area contributed by atoms with E-state index in [1.165, 1.54) is 0 Å². The zero-order chi connectivity index (χ0) is 15.0. The van der Waals surface area contributed by atoms with Crippen molar-refractivity contribution in [1.29, 1.82) is 0 Å². The second-order valence-electron chi connectivity index (χ2n) is 4.91. The largest absolute Gasteiger partial charge is 0.269 e. The summed E-state index contributed by atoms with van der Waals surface area (Å²) in [6.07, 6.45) is 7.30. The normalized spacial score (nSPS) is 11.6. The number of hydrogen-bond acceptors (Lipinski definition) is 4. The summed E-state index contributed by atoms with van der Waals surface area (Å²) < 4.78 is 1.69. The van der Waals surface area contributed by atoms with Crippen LogP contribution in [0.5, 0.6) is 0 Å². The molecule has 3 heterocycles. The van der Waals surface area contributed by atoms with Crippen molar-refractivity contribution < 1.29 is 0 Å². The van der Waals surface area contributed by atoms with Crippen LogP contribution >= 0.6 is 11.3 Å². The van der Waals surface area contributed by atoms with E-state index < -0.39 is 0 Å². The predicted octanol–water partition coefficient (Wildman–Crippen LogP) is 3.25. The molecule has 0 fully saturated rings. The molecule has 0 saturated heterocycles. The van der Waals surface area contributed by atoms with Crippen LogP contribution < -0.4 is 5.56 Å². The van der Waals surface area contributed by atoms with E-state index in [2.05, 4.69) is 9.97 Å². The Morgan fingerprint density at radius 3 is 2.76 bits per heavy atom. The first-order valence-electron chi connectivity index (χ1n) is 6.65. The van der Waals surface area contributed by atoms with E-state index in [-0.39, 0.29) is 5.56 Å². The predicted molar refractivity (Wildman–Crippen MR) is 86.7 cm³/mol. The Balaban J connectivity index is 2.14. The second-order valence-corrected chi connectivity index (χ2v) is 6.09. The van der Waals surface area contributed by atoms with Gasteiger partial charge in [-0.05, 0) is 38.5 Å². The van der Waals surface area contributed by atoms with Gasteiger partial charge < -0.3 is 0 Å². The van der Waals surface area contributed by atoms with Gasteiger partial charge in [-0.25, -0.2) is 4.98 Å². The lowest BCUT2D eigenvalue weighted by Crippen LogP contribution is -2.19. The molecule has 0 aliphatic rings. The summed E-state index contributed by atoms with van der Waals surface area (Å²) in [7, 11) is 0. The first-order chi connectivity index (χ1) is 10.1. The van der Waals surface area contributed by atoms with E-state index in [9.17, 15) is 4.79 Å². The van der Waals surface area contributed by atoms with Crippen LogP contribution in [0.2, 0.25) is 0 Å². The summed E-state index contributed by atoms with van der Waals surface area (Å²) in [6, 6.07) is 3.84. The SMILES string of the molecule is Cc1sc2nc(C=Cc3cccnc3)c(C)c(=O)n2c1C. The molecule has 0 aliphatic carbocycles. The van der Waals surface area contributed by atoms with E-state index in [1.807, 2.05) is 45.1 Å². The van der Waals surface area contributed by atoms with E-state index in [4.69, 9.17) is 0 Å². The quantitative estimate of drug-likeness (QED) is 0.729. The average Bonchev–Trinajstić information content (AvgIpc) is 2.77. The van der Waals surface area contributed by atoms with Crippen molar-refractivity contribution in [3.63, 3.8) is 0 Å². The van der Waals surface area contributed by atoms with Crippen molar-refractivity contribution >= 4 is 28.4 Å². The standard InChI is InChI=1S/C16H15N3OS/c1-10-14(7-6-13-5-4-8-17-9-13)18-16-19(15(10)20)11(2)12(3)21-16/h4-9H,1-3H3. The first-order valence-corrected chi connectivity index (χ1v) is 7.47. The summed E-state index contributed by atoms with van der Waals surface area (Å²) in [4.78, 5) is 23.0. The first kappa shape index (κ1) is 13.7. The van der Waals surface area contributed by atoms with Crippen LogP contribution in [0.4, 0.5) is 0 Å². The number of nitrogens with zero attached hydrogens (tertiary/aromatic N) is 3. The zero-order valence-corrected chi connectivity index (χ0v) is 12.9. The van der Waals surface area contributed by atoms with Gasteiger partial charge in [0.15, 0.2) is 4.96 Å². The van der Waals surface area contributed by atoms with Gasteiger partial charge in [-0.1, -0.05) is 12.1 Å². The summed E-state index contributed by atoms with van der Waals surface area (Å²) in [5.74, 6) is 0. The monoisotopic (exact) mass is 297 g/mol. The van der Waals surface area contributed by atoms with Crippen molar-refractivity contribution in [2.24, 2.45) is 0 Å². The molecular weight excluding hydrogens is 282 g/mol. The number of aryl methyl sites for hydroxylation is 2. The third-order valence-corrected chi connectivity index (χ3v) is 4.58. The van der Waals surface area contributed by atoms with Crippen LogP contribution in [0.15, 0.2) is 29.3 Å². The van der Waals surface area contributed by atoms with Gasteiger partial charge in [-0.15, -0.1) is 11.3 Å². The minimum absolute atomic E-state index is 0.00712. The lowest BCUT2D eigenvalue weighted by molar-refractivity contribution is 0.983. The Bertz CT molecular complexity index is 891. The summed E-state index contributed by atoms with van der Waals surface area (Å²) in [5, 5.41) is 0. The molecule has 0 N–H and O–H groups in total. The average molecular weight is 297 g/mol. The van der Waals surface area contributed by atoms with E-state index in [1.54, 1.807) is 28.1 Å². The number of fused-ring (bicyclic) bond motifs is 1. The molecule has 0 aromatic carbocycles. The Hall–Kier alpha value is -2.27. The summed E-state index contributed by atoms with van der Waals surface area (Å²) in [5.41, 5.74) is 3.34. The number of thiazole rings is 1. The minimum Gasteiger partial charge on any atom is -0.269 e. The maximum atomic E-state index is 12.5. The molecule has 0 aliphatic heterocycles. The Kier molecular flexibility index (Phi) is 3.43. The third kappa shape index (κ3) is 2.40. The highest BCUT2D eigenvalue weighted by Crippen LogP contribution is 2.20. The highest BCUT2D eigenvalue weighted by Gasteiger charge is 2.12. The van der Waals surface area contributed by atoms with Gasteiger partial charge in [0.2, 0.25) is 0 Å². The molecule has 0 atom stereocenters. The maximum Gasteiger partial charge on any atom is 0.262 e. The van der Waals surface area contributed by atoms with Crippen molar-refractivity contribution in [3.05, 3.63) is 62.3 Å². The lowest BCUT2D eigenvalue weighted by Gasteiger charge is -2.02. The molecule has 0 bridgehead atoms. The van der Waals surface area contributed by atoms with Gasteiger partial charge in [0.25, 0.3) is 5.56 Å². The number of hydrogen-bond donors (Lipinski definition) is 0. The second kappa shape index (κ2) is 5.26. The number of rotatable bonds is 2. The van der Waals surface area contributed by atoms with E-state index in [0.717, 1.165) is 21.1 Å². The Labute approximate surface area is 126 Å². The minimum atomic E-state index is 0.00712. The number of aromatic nitrogens is 3. The van der Waals surface area contributed by atoms with Crippen molar-refractivity contribution in [2.75, 3.05) is 0 Å². The van der Waals surface area contributed by atoms with Crippen LogP contribution in [0.25, 0.3) is 17.1 Å². The Morgan fingerprint density at radius 2 is 2.05 bits per heavy atom. The molecule has 3 aromatic rings. The van der Waals surface area contributed by atoms with Gasteiger partial charge in [0, 0.05) is 28.5 Å². The molecule has 21 heavy (non-hydrogen) atoms. The molecule has 3 aromatic heterocycles. The summed E-state index contributed by atoms with van der Waals surface area (Å²) >= 11 is 1.54. The molecule has 5 heteroatoms. The van der Waals surface area contributed by atoms with Crippen LogP contribution in [0, 0.1) is 20.8 Å². The van der Waals surface area contributed by atoms with Crippen LogP contribution in [-0.4, -0.2) is 14.4 Å². The topological polar surface area (TPSA) is 47.3 Å². The van der Waals surface area contributed by atoms with Crippen LogP contribution in [0.1, 0.15) is 27.4 Å². The fourth-order valence-electron chi connectivity index (χ4n) is 2.15. The van der Waals surface area contributed by atoms with Crippen molar-refractivity contribution in [2.45, 2.75) is 20.8 Å². The van der Waals surface area contributed by atoms with Crippen LogP contribution in [-0.2, 0) is 0 Å². The Morgan fingerprint density at radius 1 is 1.24 bits per heavy atom. The fourth-order valence-corrected chi connectivity index (χ4v) is 3.11. The van der Waals surface area contributed by atoms with E-state index >= 15 is 0 Å². The molecular formula is C16H15N3OS. The fraction of sp³-hybridized carbons (Fsp3) is 0.188. The molecule has 3 rings (SSSR count). The molecule has 4 nitrogen and oxygen atoms in total. The van der Waals surface area contributed by atoms with Crippen molar-refractivity contribution in [3.8, 4) is 0 Å². The van der Waals surface area contributed by atoms with Crippen LogP contribution in [0.3, 0.4) is 0 Å².